The normalized spacial score (nSPS) is 18.3. The molecular formula is C14H16N4. The molecule has 3 N–H and O–H groups in total. The molecule has 0 radical (unpaired) electrons. The Kier molecular flexibility index (Phi) is 2.81. The molecule has 1 aliphatic carbocycles. The molecule has 2 aromatic rings. The third-order valence-electron chi connectivity index (χ3n) is 3.74. The Morgan fingerprint density at radius 3 is 2.50 bits per heavy atom. The fraction of sp³-hybridized carbons (Fsp3) is 0.286. The lowest BCUT2D eigenvalue weighted by Gasteiger charge is -2.26. The van der Waals surface area contributed by atoms with Crippen LogP contribution in [0.15, 0.2) is 48.9 Å². The highest BCUT2D eigenvalue weighted by atomic mass is 15.3. The average Bonchev–Trinajstić information content (AvgIpc) is 3.24. The summed E-state index contributed by atoms with van der Waals surface area (Å²) in [5.41, 5.74) is 5.21. The monoisotopic (exact) mass is 240 g/mol. The SMILES string of the molecule is NNC(c1cnccn1)C1(c2ccccc2)CC1. The van der Waals surface area contributed by atoms with Crippen LogP contribution in [0.25, 0.3) is 0 Å². The number of hydrogen-bond acceptors (Lipinski definition) is 4. The fourth-order valence-corrected chi connectivity index (χ4v) is 2.64. The summed E-state index contributed by atoms with van der Waals surface area (Å²) in [7, 11) is 0. The first-order chi connectivity index (χ1) is 8.87. The summed E-state index contributed by atoms with van der Waals surface area (Å²) in [6.07, 6.45) is 7.43. The molecular weight excluding hydrogens is 224 g/mol. The van der Waals surface area contributed by atoms with Crippen LogP contribution in [0.3, 0.4) is 0 Å². The van der Waals surface area contributed by atoms with Gasteiger partial charge in [0, 0.05) is 17.8 Å². The number of nitrogens with one attached hydrogen (secondary N) is 1. The molecule has 1 aromatic heterocycles. The van der Waals surface area contributed by atoms with Gasteiger partial charge < -0.3 is 0 Å². The zero-order valence-corrected chi connectivity index (χ0v) is 10.1. The van der Waals surface area contributed by atoms with Gasteiger partial charge in [-0.2, -0.15) is 0 Å². The molecule has 0 bridgehead atoms. The molecule has 92 valence electrons. The molecule has 1 unspecified atom stereocenters. The molecule has 1 heterocycles. The van der Waals surface area contributed by atoms with Crippen LogP contribution in [0, 0.1) is 0 Å². The van der Waals surface area contributed by atoms with E-state index in [1.54, 1.807) is 18.6 Å². The predicted octanol–water partition coefficient (Wildman–Crippen LogP) is 1.71. The quantitative estimate of drug-likeness (QED) is 0.631. The van der Waals surface area contributed by atoms with Crippen molar-refractivity contribution in [3.8, 4) is 0 Å². The van der Waals surface area contributed by atoms with Gasteiger partial charge in [-0.1, -0.05) is 30.3 Å². The third-order valence-corrected chi connectivity index (χ3v) is 3.74. The smallest absolute Gasteiger partial charge is 0.0778 e. The molecule has 1 aromatic carbocycles. The van der Waals surface area contributed by atoms with Gasteiger partial charge in [0.15, 0.2) is 0 Å². The molecule has 18 heavy (non-hydrogen) atoms. The van der Waals surface area contributed by atoms with Crippen molar-refractivity contribution in [1.82, 2.24) is 15.4 Å². The number of hydrogen-bond donors (Lipinski definition) is 2. The molecule has 1 saturated carbocycles. The van der Waals surface area contributed by atoms with E-state index >= 15 is 0 Å². The van der Waals surface area contributed by atoms with Crippen LogP contribution in [0.4, 0.5) is 0 Å². The number of benzene rings is 1. The maximum Gasteiger partial charge on any atom is 0.0778 e. The van der Waals surface area contributed by atoms with Crippen molar-refractivity contribution in [2.75, 3.05) is 0 Å². The molecule has 4 nitrogen and oxygen atoms in total. The Hall–Kier alpha value is -1.78. The predicted molar refractivity (Wildman–Crippen MR) is 69.5 cm³/mol. The van der Waals surface area contributed by atoms with E-state index in [0.29, 0.717) is 0 Å². The summed E-state index contributed by atoms with van der Waals surface area (Å²) >= 11 is 0. The zero-order valence-electron chi connectivity index (χ0n) is 10.1. The molecule has 0 amide bonds. The third kappa shape index (κ3) is 1.79. The van der Waals surface area contributed by atoms with E-state index in [1.807, 2.05) is 6.07 Å². The van der Waals surface area contributed by atoms with Crippen LogP contribution in [0.1, 0.15) is 30.1 Å². The van der Waals surface area contributed by atoms with Crippen molar-refractivity contribution in [3.63, 3.8) is 0 Å². The second-order valence-corrected chi connectivity index (χ2v) is 4.75. The van der Waals surface area contributed by atoms with Gasteiger partial charge in [0.05, 0.1) is 17.9 Å². The van der Waals surface area contributed by atoms with Crippen LogP contribution < -0.4 is 11.3 Å². The first-order valence-electron chi connectivity index (χ1n) is 6.14. The number of rotatable bonds is 4. The van der Waals surface area contributed by atoms with Crippen molar-refractivity contribution in [3.05, 3.63) is 60.2 Å². The largest absolute Gasteiger partial charge is 0.271 e. The van der Waals surface area contributed by atoms with E-state index in [9.17, 15) is 0 Å². The minimum Gasteiger partial charge on any atom is -0.271 e. The molecule has 0 aliphatic heterocycles. The summed E-state index contributed by atoms with van der Waals surface area (Å²) < 4.78 is 0. The molecule has 1 fully saturated rings. The zero-order chi connectivity index (χ0) is 12.4. The molecule has 4 heteroatoms. The Morgan fingerprint density at radius 1 is 1.17 bits per heavy atom. The Bertz CT molecular complexity index is 508. The Balaban J connectivity index is 1.98. The van der Waals surface area contributed by atoms with Crippen LogP contribution in [0.5, 0.6) is 0 Å². The Morgan fingerprint density at radius 2 is 1.94 bits per heavy atom. The van der Waals surface area contributed by atoms with Gasteiger partial charge in [0.25, 0.3) is 0 Å². The van der Waals surface area contributed by atoms with E-state index in [2.05, 4.69) is 39.7 Å². The molecule has 0 saturated heterocycles. The fourth-order valence-electron chi connectivity index (χ4n) is 2.64. The maximum absolute atomic E-state index is 5.75. The highest BCUT2D eigenvalue weighted by molar-refractivity contribution is 5.36. The van der Waals surface area contributed by atoms with E-state index < -0.39 is 0 Å². The van der Waals surface area contributed by atoms with Gasteiger partial charge in [-0.15, -0.1) is 0 Å². The Labute approximate surface area is 106 Å². The summed E-state index contributed by atoms with van der Waals surface area (Å²) in [5, 5.41) is 0. The van der Waals surface area contributed by atoms with Gasteiger partial charge in [-0.3, -0.25) is 21.2 Å². The summed E-state index contributed by atoms with van der Waals surface area (Å²) in [6.45, 7) is 0. The molecule has 1 aliphatic rings. The van der Waals surface area contributed by atoms with Gasteiger partial charge in [-0.25, -0.2) is 0 Å². The van der Waals surface area contributed by atoms with E-state index in [1.165, 1.54) is 5.56 Å². The van der Waals surface area contributed by atoms with Crippen LogP contribution in [-0.2, 0) is 5.41 Å². The van der Waals surface area contributed by atoms with Crippen LogP contribution in [0.2, 0.25) is 0 Å². The van der Waals surface area contributed by atoms with Gasteiger partial charge >= 0.3 is 0 Å². The topological polar surface area (TPSA) is 63.8 Å². The summed E-state index contributed by atoms with van der Waals surface area (Å²) in [6, 6.07) is 10.5. The van der Waals surface area contributed by atoms with Gasteiger partial charge in [0.2, 0.25) is 0 Å². The highest BCUT2D eigenvalue weighted by Crippen LogP contribution is 2.55. The van der Waals surface area contributed by atoms with E-state index in [-0.39, 0.29) is 11.5 Å². The van der Waals surface area contributed by atoms with Gasteiger partial charge in [0.1, 0.15) is 0 Å². The highest BCUT2D eigenvalue weighted by Gasteiger charge is 2.51. The van der Waals surface area contributed by atoms with Crippen molar-refractivity contribution in [2.24, 2.45) is 5.84 Å². The van der Waals surface area contributed by atoms with E-state index in [4.69, 9.17) is 5.84 Å². The first-order valence-corrected chi connectivity index (χ1v) is 6.14. The number of nitrogens with zero attached hydrogens (tertiary/aromatic N) is 2. The lowest BCUT2D eigenvalue weighted by molar-refractivity contribution is 0.428. The summed E-state index contributed by atoms with van der Waals surface area (Å²) in [4.78, 5) is 8.51. The van der Waals surface area contributed by atoms with Crippen LogP contribution in [-0.4, -0.2) is 9.97 Å². The lowest BCUT2D eigenvalue weighted by atomic mass is 9.86. The second kappa shape index (κ2) is 4.48. The van der Waals surface area contributed by atoms with Crippen molar-refractivity contribution < 1.29 is 0 Å². The average molecular weight is 240 g/mol. The maximum atomic E-state index is 5.75. The molecule has 0 spiro atoms. The number of hydrazine groups is 1. The van der Waals surface area contributed by atoms with Gasteiger partial charge in [-0.05, 0) is 18.4 Å². The minimum absolute atomic E-state index is 0.0219. The first kappa shape index (κ1) is 11.3. The number of nitrogens with two attached hydrogens (primary N) is 1. The van der Waals surface area contributed by atoms with Crippen molar-refractivity contribution in [2.45, 2.75) is 24.3 Å². The molecule has 1 atom stereocenters. The van der Waals surface area contributed by atoms with Crippen LogP contribution >= 0.6 is 0 Å². The van der Waals surface area contributed by atoms with Crippen molar-refractivity contribution >= 4 is 0 Å². The lowest BCUT2D eigenvalue weighted by Crippen LogP contribution is -2.37. The number of aromatic nitrogens is 2. The van der Waals surface area contributed by atoms with E-state index in [0.717, 1.165) is 18.5 Å². The van der Waals surface area contributed by atoms with Crippen molar-refractivity contribution in [1.29, 1.82) is 0 Å². The minimum atomic E-state index is 0.0219. The standard InChI is InChI=1S/C14H16N4/c15-18-13(12-10-16-8-9-17-12)14(6-7-14)11-4-2-1-3-5-11/h1-5,8-10,13,18H,6-7,15H2. The summed E-state index contributed by atoms with van der Waals surface area (Å²) in [5.74, 6) is 5.75. The second-order valence-electron chi connectivity index (χ2n) is 4.75. The molecule has 3 rings (SSSR count).